The van der Waals surface area contributed by atoms with Gasteiger partial charge in [-0.3, -0.25) is 4.79 Å². The third-order valence-electron chi connectivity index (χ3n) is 3.70. The van der Waals surface area contributed by atoms with Crippen LogP contribution in [0.2, 0.25) is 0 Å². The molecule has 0 spiro atoms. The quantitative estimate of drug-likeness (QED) is 0.702. The first-order chi connectivity index (χ1) is 11.8. The first kappa shape index (κ1) is 16.0. The summed E-state index contributed by atoms with van der Waals surface area (Å²) < 4.78 is 1.82. The van der Waals surface area contributed by atoms with E-state index in [1.807, 2.05) is 54.3 Å². The summed E-state index contributed by atoms with van der Waals surface area (Å²) in [5.74, 6) is 0.916. The van der Waals surface area contributed by atoms with E-state index in [4.69, 9.17) is 0 Å². The van der Waals surface area contributed by atoms with E-state index < -0.39 is 0 Å². The molecule has 3 aromatic rings. The van der Waals surface area contributed by atoms with Gasteiger partial charge in [0, 0.05) is 43.5 Å². The van der Waals surface area contributed by atoms with Crippen LogP contribution in [0.25, 0.3) is 17.1 Å². The Hall–Kier alpha value is -2.89. The molecule has 0 saturated carbocycles. The van der Waals surface area contributed by atoms with Gasteiger partial charge in [0.1, 0.15) is 5.82 Å². The van der Waals surface area contributed by atoms with E-state index in [-0.39, 0.29) is 5.91 Å². The Morgan fingerprint density at radius 3 is 3.04 bits per heavy atom. The Morgan fingerprint density at radius 1 is 1.33 bits per heavy atom. The number of H-pyrrole nitrogens is 1. The number of benzene rings is 1. The summed E-state index contributed by atoms with van der Waals surface area (Å²) in [6.07, 6.45) is 7.71. The number of amides is 1. The molecule has 2 heterocycles. The number of nitrogens with zero attached hydrogens (tertiary/aromatic N) is 3. The zero-order valence-electron chi connectivity index (χ0n) is 13.7. The fourth-order valence-corrected chi connectivity index (χ4v) is 2.50. The van der Waals surface area contributed by atoms with E-state index in [9.17, 15) is 4.79 Å². The highest BCUT2D eigenvalue weighted by molar-refractivity contribution is 5.75. The second kappa shape index (κ2) is 7.59. The van der Waals surface area contributed by atoms with Crippen molar-refractivity contribution in [2.24, 2.45) is 0 Å². The SMILES string of the molecule is CCCC(=O)NCCc1c[nH]c(-c2cccc(-n3cccn3)c2)n1. The summed E-state index contributed by atoms with van der Waals surface area (Å²) in [5.41, 5.74) is 2.93. The Bertz CT molecular complexity index is 791. The first-order valence-electron chi connectivity index (χ1n) is 8.17. The van der Waals surface area contributed by atoms with Crippen molar-refractivity contribution < 1.29 is 4.79 Å². The van der Waals surface area contributed by atoms with E-state index in [1.165, 1.54) is 0 Å². The maximum absolute atomic E-state index is 11.5. The zero-order valence-corrected chi connectivity index (χ0v) is 13.7. The Labute approximate surface area is 140 Å². The fourth-order valence-electron chi connectivity index (χ4n) is 2.50. The molecule has 2 aromatic heterocycles. The minimum absolute atomic E-state index is 0.0974. The Kier molecular flexibility index (Phi) is 5.05. The number of aromatic amines is 1. The predicted molar refractivity (Wildman–Crippen MR) is 92.8 cm³/mol. The summed E-state index contributed by atoms with van der Waals surface area (Å²) in [7, 11) is 0. The number of aromatic nitrogens is 4. The lowest BCUT2D eigenvalue weighted by Gasteiger charge is -2.03. The minimum atomic E-state index is 0.0974. The van der Waals surface area contributed by atoms with Crippen LogP contribution in [-0.2, 0) is 11.2 Å². The second-order valence-electron chi connectivity index (χ2n) is 5.59. The molecule has 0 saturated heterocycles. The third kappa shape index (κ3) is 3.90. The van der Waals surface area contributed by atoms with Crippen LogP contribution < -0.4 is 5.32 Å². The topological polar surface area (TPSA) is 75.6 Å². The van der Waals surface area contributed by atoms with Crippen molar-refractivity contribution in [1.82, 2.24) is 25.1 Å². The number of carbonyl (C=O) groups is 1. The smallest absolute Gasteiger partial charge is 0.219 e. The molecule has 0 atom stereocenters. The van der Waals surface area contributed by atoms with Crippen LogP contribution in [0.3, 0.4) is 0 Å². The van der Waals surface area contributed by atoms with Gasteiger partial charge in [-0.1, -0.05) is 19.1 Å². The van der Waals surface area contributed by atoms with Gasteiger partial charge in [0.2, 0.25) is 5.91 Å². The molecule has 0 bridgehead atoms. The Balaban J connectivity index is 1.65. The van der Waals surface area contributed by atoms with Crippen molar-refractivity contribution >= 4 is 5.91 Å². The summed E-state index contributed by atoms with van der Waals surface area (Å²) in [6, 6.07) is 9.94. The first-order valence-corrected chi connectivity index (χ1v) is 8.17. The Morgan fingerprint density at radius 2 is 2.25 bits per heavy atom. The second-order valence-corrected chi connectivity index (χ2v) is 5.59. The lowest BCUT2D eigenvalue weighted by atomic mass is 10.2. The van der Waals surface area contributed by atoms with Gasteiger partial charge in [-0.2, -0.15) is 5.10 Å². The highest BCUT2D eigenvalue weighted by atomic mass is 16.1. The molecule has 6 nitrogen and oxygen atoms in total. The summed E-state index contributed by atoms with van der Waals surface area (Å²) in [4.78, 5) is 19.3. The highest BCUT2D eigenvalue weighted by Crippen LogP contribution is 2.19. The van der Waals surface area contributed by atoms with E-state index in [0.717, 1.165) is 29.2 Å². The number of hydrogen-bond acceptors (Lipinski definition) is 3. The average Bonchev–Trinajstić information content (AvgIpc) is 3.27. The minimum Gasteiger partial charge on any atom is -0.356 e. The van der Waals surface area contributed by atoms with Gasteiger partial charge in [-0.25, -0.2) is 9.67 Å². The number of rotatable bonds is 7. The van der Waals surface area contributed by atoms with Crippen molar-refractivity contribution in [3.63, 3.8) is 0 Å². The van der Waals surface area contributed by atoms with E-state index in [2.05, 4.69) is 20.4 Å². The van der Waals surface area contributed by atoms with E-state index in [0.29, 0.717) is 19.4 Å². The molecule has 0 aliphatic heterocycles. The molecule has 3 rings (SSSR count). The largest absolute Gasteiger partial charge is 0.356 e. The molecule has 1 amide bonds. The fraction of sp³-hybridized carbons (Fsp3) is 0.278. The summed E-state index contributed by atoms with van der Waals surface area (Å²) in [6.45, 7) is 2.60. The normalized spacial score (nSPS) is 10.7. The summed E-state index contributed by atoms with van der Waals surface area (Å²) in [5, 5.41) is 7.15. The van der Waals surface area contributed by atoms with Crippen LogP contribution in [0.5, 0.6) is 0 Å². The van der Waals surface area contributed by atoms with Gasteiger partial charge in [0.25, 0.3) is 0 Å². The molecular weight excluding hydrogens is 302 g/mol. The van der Waals surface area contributed by atoms with Crippen LogP contribution in [0, 0.1) is 0 Å². The van der Waals surface area contributed by atoms with Crippen molar-refractivity contribution in [2.45, 2.75) is 26.2 Å². The predicted octanol–water partition coefficient (Wildman–Crippen LogP) is 2.72. The van der Waals surface area contributed by atoms with Crippen LogP contribution in [0.15, 0.2) is 48.9 Å². The number of nitrogens with one attached hydrogen (secondary N) is 2. The van der Waals surface area contributed by atoms with Crippen LogP contribution in [0.4, 0.5) is 0 Å². The van der Waals surface area contributed by atoms with Crippen molar-refractivity contribution in [3.8, 4) is 17.1 Å². The molecular formula is C18H21N5O. The van der Waals surface area contributed by atoms with Crippen molar-refractivity contribution in [1.29, 1.82) is 0 Å². The van der Waals surface area contributed by atoms with Crippen LogP contribution in [-0.4, -0.2) is 32.2 Å². The molecule has 24 heavy (non-hydrogen) atoms. The molecule has 0 fully saturated rings. The van der Waals surface area contributed by atoms with Gasteiger partial charge >= 0.3 is 0 Å². The summed E-state index contributed by atoms with van der Waals surface area (Å²) >= 11 is 0. The van der Waals surface area contributed by atoms with Gasteiger partial charge in [0.15, 0.2) is 0 Å². The van der Waals surface area contributed by atoms with E-state index in [1.54, 1.807) is 6.20 Å². The molecule has 0 aliphatic rings. The zero-order chi connectivity index (χ0) is 16.8. The molecule has 0 unspecified atom stereocenters. The van der Waals surface area contributed by atoms with Crippen molar-refractivity contribution in [3.05, 3.63) is 54.6 Å². The average molecular weight is 323 g/mol. The molecule has 0 radical (unpaired) electrons. The standard InChI is InChI=1S/C18H21N5O/c1-2-5-17(24)19-10-8-15-13-20-18(22-15)14-6-3-7-16(12-14)23-11-4-9-21-23/h3-4,6-7,9,11-13H,2,5,8,10H2,1H3,(H,19,24)(H,20,22). The maximum atomic E-state index is 11.5. The van der Waals surface area contributed by atoms with E-state index >= 15 is 0 Å². The number of imidazole rings is 1. The lowest BCUT2D eigenvalue weighted by Crippen LogP contribution is -2.25. The number of hydrogen-bond donors (Lipinski definition) is 2. The van der Waals surface area contributed by atoms with Crippen LogP contribution >= 0.6 is 0 Å². The highest BCUT2D eigenvalue weighted by Gasteiger charge is 2.06. The third-order valence-corrected chi connectivity index (χ3v) is 3.70. The number of carbonyl (C=O) groups excluding carboxylic acids is 1. The molecule has 124 valence electrons. The maximum Gasteiger partial charge on any atom is 0.219 e. The lowest BCUT2D eigenvalue weighted by molar-refractivity contribution is -0.121. The molecule has 0 aliphatic carbocycles. The molecule has 2 N–H and O–H groups in total. The molecule has 1 aromatic carbocycles. The van der Waals surface area contributed by atoms with Gasteiger partial charge in [0.05, 0.1) is 11.4 Å². The van der Waals surface area contributed by atoms with Gasteiger partial charge < -0.3 is 10.3 Å². The van der Waals surface area contributed by atoms with Gasteiger partial charge in [-0.05, 0) is 24.6 Å². The van der Waals surface area contributed by atoms with Crippen molar-refractivity contribution in [2.75, 3.05) is 6.54 Å². The van der Waals surface area contributed by atoms with Crippen LogP contribution in [0.1, 0.15) is 25.5 Å². The monoisotopic (exact) mass is 323 g/mol. The molecule has 6 heteroatoms. The van der Waals surface area contributed by atoms with Gasteiger partial charge in [-0.15, -0.1) is 0 Å².